The smallest absolute Gasteiger partial charge is 0.0553 e. The van der Waals surface area contributed by atoms with Gasteiger partial charge in [-0.3, -0.25) is 4.98 Å². The summed E-state index contributed by atoms with van der Waals surface area (Å²) in [6.45, 7) is 14.4. The van der Waals surface area contributed by atoms with E-state index < -0.39 is 0 Å². The topological polar surface area (TPSA) is 31.7 Å². The van der Waals surface area contributed by atoms with Crippen LogP contribution in [0.5, 0.6) is 0 Å². The van der Waals surface area contributed by atoms with Crippen LogP contribution in [0.15, 0.2) is 29.5 Å². The summed E-state index contributed by atoms with van der Waals surface area (Å²) in [5, 5.41) is 0. The number of piperazine rings is 1. The van der Waals surface area contributed by atoms with E-state index in [9.17, 15) is 0 Å². The summed E-state index contributed by atoms with van der Waals surface area (Å²) >= 11 is 0. The fourth-order valence-corrected chi connectivity index (χ4v) is 1.61. The van der Waals surface area contributed by atoms with Crippen LogP contribution in [-0.4, -0.2) is 56.4 Å². The molecule has 0 saturated carbocycles. The minimum atomic E-state index is 1.11. The molecule has 2 rings (SSSR count). The quantitative estimate of drug-likeness (QED) is 0.742. The maximum Gasteiger partial charge on any atom is 0.0553 e. The average Bonchev–Trinajstić information content (AvgIpc) is 2.60. The predicted molar refractivity (Wildman–Crippen MR) is 96.7 cm³/mol. The lowest BCUT2D eigenvalue weighted by Crippen LogP contribution is -2.44. The molecule has 0 aliphatic carbocycles. The van der Waals surface area contributed by atoms with Crippen LogP contribution in [0.1, 0.15) is 34.6 Å². The molecule has 2 heterocycles. The van der Waals surface area contributed by atoms with Crippen molar-refractivity contribution in [2.24, 2.45) is 4.99 Å². The molecule has 0 spiro atoms. The minimum Gasteiger partial charge on any atom is -0.368 e. The molecule has 0 atom stereocenters. The van der Waals surface area contributed by atoms with Gasteiger partial charge in [0.15, 0.2) is 0 Å². The van der Waals surface area contributed by atoms with Crippen molar-refractivity contribution >= 4 is 11.9 Å². The van der Waals surface area contributed by atoms with Crippen LogP contribution in [0.2, 0.25) is 0 Å². The molecule has 1 aromatic rings. The summed E-state index contributed by atoms with van der Waals surface area (Å²) in [7, 11) is 3.92. The number of anilines is 1. The molecule has 0 radical (unpaired) electrons. The summed E-state index contributed by atoms with van der Waals surface area (Å²) in [5.41, 5.74) is 1.25. The molecule has 0 N–H and O–H groups in total. The van der Waals surface area contributed by atoms with Crippen molar-refractivity contribution in [3.05, 3.63) is 24.5 Å². The Bertz CT molecular complexity index is 313. The Hall–Kier alpha value is -1.42. The van der Waals surface area contributed by atoms with Crippen LogP contribution in [0, 0.1) is 0 Å². The van der Waals surface area contributed by atoms with Gasteiger partial charge in [0, 0.05) is 39.4 Å². The highest BCUT2D eigenvalue weighted by Gasteiger charge is 2.13. The summed E-state index contributed by atoms with van der Waals surface area (Å²) < 4.78 is 0. The first-order chi connectivity index (χ1) is 10.3. The molecule has 21 heavy (non-hydrogen) atoms. The Morgan fingerprint density at radius 3 is 2.00 bits per heavy atom. The molecule has 1 aromatic heterocycles. The fourth-order valence-electron chi connectivity index (χ4n) is 1.61. The molecular weight excluding hydrogens is 260 g/mol. The second-order valence-corrected chi connectivity index (χ2v) is 4.02. The normalized spacial score (nSPS) is 14.1. The molecule has 0 unspecified atom stereocenters. The van der Waals surface area contributed by atoms with Crippen molar-refractivity contribution in [3.63, 3.8) is 0 Å². The van der Waals surface area contributed by atoms with Crippen LogP contribution >= 0.6 is 0 Å². The van der Waals surface area contributed by atoms with Crippen LogP contribution in [0.4, 0.5) is 5.69 Å². The Labute approximate surface area is 131 Å². The van der Waals surface area contributed by atoms with Crippen molar-refractivity contribution in [2.45, 2.75) is 34.6 Å². The summed E-state index contributed by atoms with van der Waals surface area (Å²) in [6.07, 6.45) is 5.50. The largest absolute Gasteiger partial charge is 0.368 e. The van der Waals surface area contributed by atoms with E-state index in [0.29, 0.717) is 0 Å². The van der Waals surface area contributed by atoms with Crippen molar-refractivity contribution in [2.75, 3.05) is 45.2 Å². The van der Waals surface area contributed by atoms with Crippen LogP contribution < -0.4 is 4.90 Å². The Kier molecular flexibility index (Phi) is 17.3. The number of likely N-dealkylation sites (N-methyl/N-ethyl adjacent to an activating group) is 1. The molecule has 0 aromatic carbocycles. The molecule has 0 amide bonds. The van der Waals surface area contributed by atoms with Gasteiger partial charge in [-0.05, 0) is 32.3 Å². The average molecular weight is 294 g/mol. The van der Waals surface area contributed by atoms with Gasteiger partial charge >= 0.3 is 0 Å². The first kappa shape index (κ1) is 21.9. The monoisotopic (exact) mass is 294 g/mol. The van der Waals surface area contributed by atoms with E-state index in [0.717, 1.165) is 26.2 Å². The lowest BCUT2D eigenvalue weighted by atomic mass is 10.3. The fraction of sp³-hybridized carbons (Fsp3) is 0.647. The minimum absolute atomic E-state index is 1.11. The van der Waals surface area contributed by atoms with Crippen LogP contribution in [0.3, 0.4) is 0 Å². The molecule has 1 aliphatic heterocycles. The molecule has 1 fully saturated rings. The Balaban J connectivity index is 0. The van der Waals surface area contributed by atoms with Crippen molar-refractivity contribution in [1.82, 2.24) is 9.88 Å². The number of rotatable bonds is 1. The predicted octanol–water partition coefficient (Wildman–Crippen LogP) is 3.59. The molecule has 122 valence electrons. The second-order valence-electron chi connectivity index (χ2n) is 4.02. The Morgan fingerprint density at radius 2 is 1.62 bits per heavy atom. The third-order valence-corrected chi connectivity index (χ3v) is 2.77. The van der Waals surface area contributed by atoms with Gasteiger partial charge in [0.05, 0.1) is 11.9 Å². The number of aromatic nitrogens is 1. The molecule has 1 aliphatic rings. The van der Waals surface area contributed by atoms with E-state index >= 15 is 0 Å². The number of nitrogens with zero attached hydrogens (tertiary/aromatic N) is 4. The van der Waals surface area contributed by atoms with E-state index in [4.69, 9.17) is 0 Å². The van der Waals surface area contributed by atoms with Crippen molar-refractivity contribution in [1.29, 1.82) is 0 Å². The number of aliphatic imine (C=N–C) groups is 1. The number of pyridine rings is 1. The zero-order valence-corrected chi connectivity index (χ0v) is 15.0. The molecular formula is C17H34N4. The first-order valence-electron chi connectivity index (χ1n) is 7.98. The molecule has 0 bridgehead atoms. The van der Waals surface area contributed by atoms with Crippen LogP contribution in [-0.2, 0) is 0 Å². The molecule has 1 saturated heterocycles. The van der Waals surface area contributed by atoms with Crippen molar-refractivity contribution in [3.8, 4) is 0 Å². The third kappa shape index (κ3) is 11.0. The van der Waals surface area contributed by atoms with E-state index in [-0.39, 0.29) is 0 Å². The third-order valence-electron chi connectivity index (χ3n) is 2.77. The van der Waals surface area contributed by atoms with Gasteiger partial charge < -0.3 is 14.8 Å². The van der Waals surface area contributed by atoms with Gasteiger partial charge in [-0.25, -0.2) is 0 Å². The van der Waals surface area contributed by atoms with E-state index in [1.807, 2.05) is 53.1 Å². The summed E-state index contributed by atoms with van der Waals surface area (Å²) in [4.78, 5) is 12.5. The van der Waals surface area contributed by atoms with Crippen LogP contribution in [0.25, 0.3) is 0 Å². The van der Waals surface area contributed by atoms with Gasteiger partial charge in [-0.15, -0.1) is 0 Å². The first-order valence-corrected chi connectivity index (χ1v) is 7.98. The van der Waals surface area contributed by atoms with Gasteiger partial charge in [-0.1, -0.05) is 27.7 Å². The second kappa shape index (κ2) is 16.6. The maximum absolute atomic E-state index is 4.12. The highest BCUT2D eigenvalue weighted by molar-refractivity contribution is 5.52. The molecule has 4 heteroatoms. The SMILES string of the molecule is CC.CC.CC=NC.CN1CCN(c2cccnc2)CC1. The maximum atomic E-state index is 4.12. The van der Waals surface area contributed by atoms with E-state index in [1.54, 1.807) is 13.3 Å². The summed E-state index contributed by atoms with van der Waals surface area (Å²) in [5.74, 6) is 0. The number of hydrogen-bond donors (Lipinski definition) is 0. The Morgan fingerprint density at radius 1 is 1.10 bits per heavy atom. The van der Waals surface area contributed by atoms with Gasteiger partial charge in [0.25, 0.3) is 0 Å². The highest BCUT2D eigenvalue weighted by Crippen LogP contribution is 2.13. The highest BCUT2D eigenvalue weighted by atomic mass is 15.2. The van der Waals surface area contributed by atoms with Gasteiger partial charge in [0.2, 0.25) is 0 Å². The molecule has 4 nitrogen and oxygen atoms in total. The number of hydrogen-bond acceptors (Lipinski definition) is 4. The zero-order chi connectivity index (χ0) is 16.5. The van der Waals surface area contributed by atoms with Gasteiger partial charge in [-0.2, -0.15) is 0 Å². The zero-order valence-electron chi connectivity index (χ0n) is 15.0. The van der Waals surface area contributed by atoms with E-state index in [1.165, 1.54) is 5.69 Å². The van der Waals surface area contributed by atoms with Gasteiger partial charge in [0.1, 0.15) is 0 Å². The summed E-state index contributed by atoms with van der Waals surface area (Å²) in [6, 6.07) is 4.12. The lowest BCUT2D eigenvalue weighted by Gasteiger charge is -2.33. The van der Waals surface area contributed by atoms with Crippen molar-refractivity contribution < 1.29 is 0 Å². The standard InChI is InChI=1S/C10H15N3.C3H7N.2C2H6/c1-12-5-7-13(8-6-12)10-3-2-4-11-9-10;1-3-4-2;2*1-2/h2-4,9H,5-8H2,1H3;3H,1-2H3;2*1-2H3. The van der Waals surface area contributed by atoms with E-state index in [2.05, 4.69) is 32.9 Å². The lowest BCUT2D eigenvalue weighted by molar-refractivity contribution is 0.313.